The van der Waals surface area contributed by atoms with Crippen molar-refractivity contribution >= 4 is 17.3 Å². The predicted molar refractivity (Wildman–Crippen MR) is 93.0 cm³/mol. The molecule has 2 aromatic rings. The first kappa shape index (κ1) is 16.3. The molecule has 1 aliphatic heterocycles. The number of halogens is 1. The zero-order valence-corrected chi connectivity index (χ0v) is 13.7. The van der Waals surface area contributed by atoms with Gasteiger partial charge in [0, 0.05) is 24.7 Å². The fraction of sp³-hybridized carbons (Fsp3) is 0.316. The van der Waals surface area contributed by atoms with Gasteiger partial charge in [0.2, 0.25) is 5.91 Å². The van der Waals surface area contributed by atoms with Crippen LogP contribution in [0.3, 0.4) is 0 Å². The number of piperidine rings is 1. The van der Waals surface area contributed by atoms with Gasteiger partial charge in [0.05, 0.1) is 12.8 Å². The Morgan fingerprint density at radius 1 is 1.12 bits per heavy atom. The Bertz CT molecular complexity index is 695. The van der Waals surface area contributed by atoms with Crippen LogP contribution < -0.4 is 15.0 Å². The first-order chi connectivity index (χ1) is 11.7. The summed E-state index contributed by atoms with van der Waals surface area (Å²) in [6, 6.07) is 14.1. The Morgan fingerprint density at radius 3 is 2.42 bits per heavy atom. The summed E-state index contributed by atoms with van der Waals surface area (Å²) in [5.74, 6) is 0.522. The number of hydrogen-bond acceptors (Lipinski definition) is 3. The fourth-order valence-electron chi connectivity index (χ4n) is 3.01. The topological polar surface area (TPSA) is 41.6 Å². The molecule has 2 aromatic carbocycles. The Hall–Kier alpha value is -2.56. The van der Waals surface area contributed by atoms with E-state index in [0.717, 1.165) is 24.3 Å². The Morgan fingerprint density at radius 2 is 1.79 bits per heavy atom. The predicted octanol–water partition coefficient (Wildman–Crippen LogP) is 3.69. The molecule has 3 rings (SSSR count). The molecule has 126 valence electrons. The van der Waals surface area contributed by atoms with Gasteiger partial charge in [0.1, 0.15) is 11.6 Å². The van der Waals surface area contributed by atoms with E-state index in [2.05, 4.69) is 5.32 Å². The van der Waals surface area contributed by atoms with Crippen LogP contribution in [0.2, 0.25) is 0 Å². The summed E-state index contributed by atoms with van der Waals surface area (Å²) < 4.78 is 19.0. The van der Waals surface area contributed by atoms with Crippen molar-refractivity contribution in [2.24, 2.45) is 5.92 Å². The highest BCUT2D eigenvalue weighted by Gasteiger charge is 2.26. The van der Waals surface area contributed by atoms with Gasteiger partial charge in [-0.25, -0.2) is 4.39 Å². The molecule has 1 saturated heterocycles. The quantitative estimate of drug-likeness (QED) is 0.931. The molecule has 1 amide bonds. The van der Waals surface area contributed by atoms with E-state index in [4.69, 9.17) is 4.74 Å². The van der Waals surface area contributed by atoms with E-state index >= 15 is 0 Å². The van der Waals surface area contributed by atoms with Crippen LogP contribution >= 0.6 is 0 Å². The van der Waals surface area contributed by atoms with Crippen LogP contribution in [0.25, 0.3) is 0 Å². The van der Waals surface area contributed by atoms with Crippen LogP contribution in [0.1, 0.15) is 12.8 Å². The van der Waals surface area contributed by atoms with E-state index in [1.807, 2.05) is 35.2 Å². The van der Waals surface area contributed by atoms with E-state index in [-0.39, 0.29) is 17.6 Å². The van der Waals surface area contributed by atoms with Gasteiger partial charge < -0.3 is 15.0 Å². The number of benzene rings is 2. The minimum Gasteiger partial charge on any atom is -0.497 e. The maximum atomic E-state index is 13.8. The van der Waals surface area contributed by atoms with Crippen LogP contribution in [0, 0.1) is 11.7 Å². The zero-order chi connectivity index (χ0) is 16.9. The van der Waals surface area contributed by atoms with Crippen molar-refractivity contribution in [1.82, 2.24) is 0 Å². The highest BCUT2D eigenvalue weighted by atomic mass is 19.1. The van der Waals surface area contributed by atoms with Gasteiger partial charge in [-0.05, 0) is 49.2 Å². The molecular formula is C19H21FN2O2. The van der Waals surface area contributed by atoms with Gasteiger partial charge in [-0.15, -0.1) is 0 Å². The number of nitrogens with one attached hydrogen (secondary N) is 1. The standard InChI is InChI=1S/C19H21FN2O2/c1-24-16-8-6-15(7-9-16)21-19(23)14-10-12-22(13-11-14)18-5-3-2-4-17(18)20/h2-9,14H,10-13H2,1H3,(H,21,23). The Labute approximate surface area is 141 Å². The van der Waals surface area contributed by atoms with E-state index in [9.17, 15) is 9.18 Å². The highest BCUT2D eigenvalue weighted by molar-refractivity contribution is 5.92. The maximum absolute atomic E-state index is 13.8. The number of methoxy groups -OCH3 is 1. The lowest BCUT2D eigenvalue weighted by molar-refractivity contribution is -0.120. The van der Waals surface area contributed by atoms with Crippen molar-refractivity contribution in [1.29, 1.82) is 0 Å². The molecule has 0 atom stereocenters. The Kier molecular flexibility index (Phi) is 4.99. The fourth-order valence-corrected chi connectivity index (χ4v) is 3.01. The molecule has 0 unspecified atom stereocenters. The largest absolute Gasteiger partial charge is 0.497 e. The summed E-state index contributed by atoms with van der Waals surface area (Å²) in [4.78, 5) is 14.4. The number of nitrogens with zero attached hydrogens (tertiary/aromatic N) is 1. The summed E-state index contributed by atoms with van der Waals surface area (Å²) in [6.07, 6.45) is 1.44. The smallest absolute Gasteiger partial charge is 0.227 e. The van der Waals surface area contributed by atoms with Gasteiger partial charge in [-0.3, -0.25) is 4.79 Å². The van der Waals surface area contributed by atoms with Crippen LogP contribution in [-0.4, -0.2) is 26.1 Å². The number of para-hydroxylation sites is 1. The molecule has 1 N–H and O–H groups in total. The summed E-state index contributed by atoms with van der Waals surface area (Å²) in [7, 11) is 1.61. The van der Waals surface area contributed by atoms with Crippen molar-refractivity contribution in [2.75, 3.05) is 30.4 Å². The van der Waals surface area contributed by atoms with E-state index in [0.29, 0.717) is 18.8 Å². The van der Waals surface area contributed by atoms with Gasteiger partial charge in [-0.1, -0.05) is 12.1 Å². The first-order valence-corrected chi connectivity index (χ1v) is 8.12. The zero-order valence-electron chi connectivity index (χ0n) is 13.7. The van der Waals surface area contributed by atoms with Crippen molar-refractivity contribution in [3.63, 3.8) is 0 Å². The molecule has 0 saturated carbocycles. The molecule has 0 spiro atoms. The second kappa shape index (κ2) is 7.34. The summed E-state index contributed by atoms with van der Waals surface area (Å²) in [6.45, 7) is 1.36. The normalized spacial score (nSPS) is 15.2. The number of hydrogen-bond donors (Lipinski definition) is 1. The van der Waals surface area contributed by atoms with Crippen molar-refractivity contribution in [3.05, 3.63) is 54.3 Å². The summed E-state index contributed by atoms with van der Waals surface area (Å²) in [5, 5.41) is 2.94. The Balaban J connectivity index is 1.56. The molecule has 24 heavy (non-hydrogen) atoms. The van der Waals surface area contributed by atoms with Crippen LogP contribution in [0.5, 0.6) is 5.75 Å². The molecule has 1 heterocycles. The first-order valence-electron chi connectivity index (χ1n) is 8.12. The van der Waals surface area contributed by atoms with Crippen molar-refractivity contribution in [2.45, 2.75) is 12.8 Å². The molecule has 0 bridgehead atoms. The third-order valence-corrected chi connectivity index (χ3v) is 4.42. The van der Waals surface area contributed by atoms with Crippen molar-refractivity contribution < 1.29 is 13.9 Å². The number of amides is 1. The number of carbonyl (C=O) groups excluding carboxylic acids is 1. The molecule has 0 aromatic heterocycles. The summed E-state index contributed by atoms with van der Waals surface area (Å²) in [5.41, 5.74) is 1.38. The average molecular weight is 328 g/mol. The molecule has 0 radical (unpaired) electrons. The van der Waals surface area contributed by atoms with Gasteiger partial charge in [-0.2, -0.15) is 0 Å². The third-order valence-electron chi connectivity index (χ3n) is 4.42. The minimum absolute atomic E-state index is 0.0216. The molecule has 1 aliphatic rings. The summed E-state index contributed by atoms with van der Waals surface area (Å²) >= 11 is 0. The van der Waals surface area contributed by atoms with Crippen molar-refractivity contribution in [3.8, 4) is 5.75 Å². The molecular weight excluding hydrogens is 307 g/mol. The second-order valence-corrected chi connectivity index (χ2v) is 5.93. The number of ether oxygens (including phenoxy) is 1. The lowest BCUT2D eigenvalue weighted by Crippen LogP contribution is -2.38. The SMILES string of the molecule is COc1ccc(NC(=O)C2CCN(c3ccccc3F)CC2)cc1. The van der Waals surface area contributed by atoms with Crippen LogP contribution in [-0.2, 0) is 4.79 Å². The molecule has 5 heteroatoms. The lowest BCUT2D eigenvalue weighted by Gasteiger charge is -2.33. The molecule has 1 fully saturated rings. The number of anilines is 2. The van der Waals surface area contributed by atoms with E-state index < -0.39 is 0 Å². The monoisotopic (exact) mass is 328 g/mol. The maximum Gasteiger partial charge on any atom is 0.227 e. The van der Waals surface area contributed by atoms with Gasteiger partial charge in [0.15, 0.2) is 0 Å². The highest BCUT2D eigenvalue weighted by Crippen LogP contribution is 2.26. The number of carbonyl (C=O) groups is 1. The second-order valence-electron chi connectivity index (χ2n) is 5.93. The molecule has 0 aliphatic carbocycles. The number of rotatable bonds is 4. The van der Waals surface area contributed by atoms with E-state index in [1.54, 1.807) is 19.2 Å². The minimum atomic E-state index is -0.210. The van der Waals surface area contributed by atoms with Gasteiger partial charge >= 0.3 is 0 Å². The average Bonchev–Trinajstić information content (AvgIpc) is 2.63. The van der Waals surface area contributed by atoms with Crippen LogP contribution in [0.4, 0.5) is 15.8 Å². The van der Waals surface area contributed by atoms with Gasteiger partial charge in [0.25, 0.3) is 0 Å². The van der Waals surface area contributed by atoms with E-state index in [1.165, 1.54) is 6.07 Å². The third kappa shape index (κ3) is 3.67. The lowest BCUT2D eigenvalue weighted by atomic mass is 9.95. The van der Waals surface area contributed by atoms with Crippen LogP contribution in [0.15, 0.2) is 48.5 Å². The molecule has 4 nitrogen and oxygen atoms in total.